The van der Waals surface area contributed by atoms with Crippen LogP contribution in [-0.4, -0.2) is 11.3 Å². The Morgan fingerprint density at radius 1 is 0.237 bits per heavy atom. The van der Waals surface area contributed by atoms with E-state index in [1.54, 1.807) is 0 Å². The van der Waals surface area contributed by atoms with Gasteiger partial charge in [0.25, 0.3) is 6.71 Å². The maximum atomic E-state index is 10.6. The molecule has 0 N–H and O–H groups in total. The van der Waals surface area contributed by atoms with Crippen LogP contribution < -0.4 is 26.2 Å². The van der Waals surface area contributed by atoms with E-state index in [0.29, 0.717) is 16.8 Å². The van der Waals surface area contributed by atoms with E-state index in [2.05, 4.69) is 369 Å². The van der Waals surface area contributed by atoms with E-state index in [4.69, 9.17) is 0 Å². The summed E-state index contributed by atoms with van der Waals surface area (Å²) in [6, 6.07) is 127. The Balaban J connectivity index is 0.986. The lowest BCUT2D eigenvalue weighted by molar-refractivity contribution is 0.590. The second-order valence-corrected chi connectivity index (χ2v) is 34.7. The molecule has 2 aliphatic rings. The number of aromatic nitrogens is 1. The fourth-order valence-electron chi connectivity index (χ4n) is 17.9. The number of hydrogen-bond acceptors (Lipinski definition) is 2. The van der Waals surface area contributed by atoms with Crippen molar-refractivity contribution in [2.45, 2.75) is 78.6 Å². The summed E-state index contributed by atoms with van der Waals surface area (Å²) in [6.07, 6.45) is 0. The molecule has 2 aliphatic heterocycles. The van der Waals surface area contributed by atoms with Crippen LogP contribution in [0.15, 0.2) is 394 Å². The highest BCUT2D eigenvalue weighted by atomic mass is 15.2. The molecule has 0 amide bonds. The SMILES string of the molecule is [2H]c1c(-c2ccccc2)c([2H])c2c3c([2H])c(-c4ccccc4)c([2H])c([2H])c3n(-c3ccc4c(c3)N(c3c(-c5ccc(-c6ccccc6)cc5)cc(C(C)(C)C)cc3-c3ccc(-c5ccccc5)cc3)c3cc(C(C)(C)C)cc5c3B4c3cc(-c4ccccc4-c4ccccc4)ccc3N5c3c(-c4ccccc4)cc(C(C)(C)C)cc3-c3ccccc3)c2c1[2H]. The third-order valence-electron chi connectivity index (χ3n) is 24.1. The third-order valence-corrected chi connectivity index (χ3v) is 24.1. The van der Waals surface area contributed by atoms with Gasteiger partial charge in [-0.15, -0.1) is 0 Å². The van der Waals surface area contributed by atoms with Gasteiger partial charge in [0.1, 0.15) is 0 Å². The average molecular weight is 1520 g/mol. The van der Waals surface area contributed by atoms with Gasteiger partial charge in [-0.1, -0.05) is 378 Å². The lowest BCUT2D eigenvalue weighted by Crippen LogP contribution is -2.61. The quantitative estimate of drug-likeness (QED) is 0.107. The number of hydrogen-bond donors (Lipinski definition) is 0. The second-order valence-electron chi connectivity index (χ2n) is 34.7. The zero-order valence-electron chi connectivity index (χ0n) is 74.0. The predicted octanol–water partition coefficient (Wildman–Crippen LogP) is 29.4. The van der Waals surface area contributed by atoms with Gasteiger partial charge in [-0.2, -0.15) is 0 Å². The summed E-state index contributed by atoms with van der Waals surface area (Å²) in [5, 5.41) is 0.519. The second kappa shape index (κ2) is 29.2. The molecule has 0 unspecified atom stereocenters. The van der Waals surface area contributed by atoms with Crippen molar-refractivity contribution in [2.24, 2.45) is 0 Å². The van der Waals surface area contributed by atoms with Crippen LogP contribution in [0.1, 0.15) is 87.2 Å². The van der Waals surface area contributed by atoms with Crippen LogP contribution in [0, 0.1) is 0 Å². The molecule has 0 saturated carbocycles. The maximum absolute atomic E-state index is 10.6. The summed E-state index contributed by atoms with van der Waals surface area (Å²) in [5.41, 5.74) is 30.7. The minimum absolute atomic E-state index is 0.0389. The molecule has 0 aliphatic carbocycles. The van der Waals surface area contributed by atoms with E-state index in [9.17, 15) is 8.22 Å². The Kier molecular flexibility index (Phi) is 16.4. The van der Waals surface area contributed by atoms with Crippen molar-refractivity contribution in [3.05, 3.63) is 411 Å². The Labute approximate surface area is 703 Å². The van der Waals surface area contributed by atoms with E-state index < -0.39 is 12.1 Å². The van der Waals surface area contributed by atoms with Crippen LogP contribution in [0.5, 0.6) is 0 Å². The van der Waals surface area contributed by atoms with Gasteiger partial charge in [-0.05, 0) is 217 Å². The monoisotopic (exact) mass is 1520 g/mol. The fraction of sp³-hybridized carbons (Fsp3) is 0.105. The molecule has 0 atom stereocenters. The summed E-state index contributed by atoms with van der Waals surface area (Å²) in [5.74, 6) is 0. The summed E-state index contributed by atoms with van der Waals surface area (Å²) in [7, 11) is 0. The van der Waals surface area contributed by atoms with Crippen molar-refractivity contribution < 1.29 is 8.22 Å². The first kappa shape index (κ1) is 66.5. The van der Waals surface area contributed by atoms with Crippen molar-refractivity contribution in [2.75, 3.05) is 9.80 Å². The smallest absolute Gasteiger partial charge is 0.252 e. The molecule has 3 nitrogen and oxygen atoms in total. The molecule has 4 heteroatoms. The lowest BCUT2D eigenvalue weighted by Gasteiger charge is -2.47. The van der Waals surface area contributed by atoms with Crippen LogP contribution in [0.2, 0.25) is 0 Å². The number of rotatable bonds is 13. The molecule has 0 spiro atoms. The molecular weight excluding hydrogens is 1420 g/mol. The highest BCUT2D eigenvalue weighted by Crippen LogP contribution is 2.56. The summed E-state index contributed by atoms with van der Waals surface area (Å²) < 4.78 is 64.8. The maximum Gasteiger partial charge on any atom is 0.252 e. The molecule has 1 aromatic heterocycles. The van der Waals surface area contributed by atoms with Crippen molar-refractivity contribution in [3.8, 4) is 117 Å². The van der Waals surface area contributed by atoms with Crippen LogP contribution in [0.3, 0.4) is 0 Å². The van der Waals surface area contributed by atoms with Crippen LogP contribution >= 0.6 is 0 Å². The third kappa shape index (κ3) is 13.1. The van der Waals surface area contributed by atoms with Crippen molar-refractivity contribution in [3.63, 3.8) is 0 Å². The first-order valence-electron chi connectivity index (χ1n) is 44.2. The summed E-state index contributed by atoms with van der Waals surface area (Å²) >= 11 is 0. The van der Waals surface area contributed by atoms with Crippen LogP contribution in [0.25, 0.3) is 139 Å². The van der Waals surface area contributed by atoms with Crippen molar-refractivity contribution >= 4 is 79.0 Å². The van der Waals surface area contributed by atoms with Gasteiger partial charge in [-0.3, -0.25) is 0 Å². The minimum atomic E-state index is -0.516. The summed E-state index contributed by atoms with van der Waals surface area (Å²) in [6.45, 7) is 20.3. The van der Waals surface area contributed by atoms with Gasteiger partial charge in [-0.25, -0.2) is 0 Å². The highest BCUT2D eigenvalue weighted by Gasteiger charge is 2.47. The molecule has 0 radical (unpaired) electrons. The van der Waals surface area contributed by atoms with Gasteiger partial charge in [0.05, 0.1) is 30.6 Å². The first-order chi connectivity index (χ1) is 60.0. The van der Waals surface area contributed by atoms with Gasteiger partial charge < -0.3 is 14.4 Å². The zero-order valence-corrected chi connectivity index (χ0v) is 68.0. The predicted molar refractivity (Wildman–Crippen MR) is 505 cm³/mol. The van der Waals surface area contributed by atoms with E-state index in [-0.39, 0.29) is 80.0 Å². The Morgan fingerprint density at radius 3 is 0.932 bits per heavy atom. The topological polar surface area (TPSA) is 11.4 Å². The molecule has 118 heavy (non-hydrogen) atoms. The largest absolute Gasteiger partial charge is 0.310 e. The highest BCUT2D eigenvalue weighted by molar-refractivity contribution is 7.00. The van der Waals surface area contributed by atoms with Crippen LogP contribution in [0.4, 0.5) is 34.1 Å². The minimum Gasteiger partial charge on any atom is -0.310 e. The Hall–Kier alpha value is -13.8. The van der Waals surface area contributed by atoms with Gasteiger partial charge in [0.15, 0.2) is 0 Å². The number of benzene rings is 17. The molecule has 0 bridgehead atoms. The van der Waals surface area contributed by atoms with E-state index in [1.165, 1.54) is 5.56 Å². The molecule has 17 aromatic carbocycles. The number of fused-ring (bicyclic) bond motifs is 7. The molecular formula is C114H92BN3. The lowest BCUT2D eigenvalue weighted by atomic mass is 9.33. The molecule has 0 saturated heterocycles. The van der Waals surface area contributed by atoms with Gasteiger partial charge >= 0.3 is 0 Å². The van der Waals surface area contributed by atoms with Crippen molar-refractivity contribution in [1.29, 1.82) is 0 Å². The number of nitrogens with zero attached hydrogens (tertiary/aromatic N) is 3. The van der Waals surface area contributed by atoms with Gasteiger partial charge in [0, 0.05) is 61.5 Å². The molecule has 18 aromatic rings. The first-order valence-corrected chi connectivity index (χ1v) is 41.2. The molecule has 0 fully saturated rings. The van der Waals surface area contributed by atoms with Crippen molar-refractivity contribution in [1.82, 2.24) is 4.57 Å². The Bertz CT molecular complexity index is 6960. The zero-order chi connectivity index (χ0) is 85.4. The normalized spacial score (nSPS) is 13.3. The van der Waals surface area contributed by atoms with E-state index >= 15 is 0 Å². The summed E-state index contributed by atoms with van der Waals surface area (Å²) in [4.78, 5) is 5.19. The number of anilines is 6. The van der Waals surface area contributed by atoms with Crippen LogP contribution in [-0.2, 0) is 16.2 Å². The van der Waals surface area contributed by atoms with E-state index in [1.807, 2.05) is 65.2 Å². The molecule has 566 valence electrons. The fourth-order valence-corrected chi connectivity index (χ4v) is 17.9. The van der Waals surface area contributed by atoms with Gasteiger partial charge in [0.2, 0.25) is 0 Å². The average Bonchev–Trinajstić information content (AvgIpc) is 1.42. The Morgan fingerprint density at radius 2 is 0.542 bits per heavy atom. The van der Waals surface area contributed by atoms with E-state index in [0.717, 1.165) is 151 Å². The molecule has 20 rings (SSSR count). The standard InChI is InChI=1S/C114H92BN3/c1-112(2,3)89-68-95(82-43-27-15-28-44-82)110(96(69-89)83-45-29-16-30-46-83)117-105-64-59-88(94-48-32-31-47-93(94)81-41-25-14-26-42-81)67-102(105)115-101-61-60-92(116-103-62-57-86(77-37-21-12-22-38-77)65-99(103)100-66-87(58-63-104(100)116)78-39-23-13-24-40-78)74-106(101)118(108-73-91(114(7,8)9)72-107(117)109(108)115)111-97(84-53-49-79(50-54-84)75-33-17-10-18-34-75)70-90(113(4,5)6)71-98(111)85-55-51-80(52-56-85)76-35-19-11-20-36-76/h10-74H,1-9H3/i57D,58D,62D,63D,65D,66D. The molecule has 3 heterocycles.